The quantitative estimate of drug-likeness (QED) is 0.0859. The van der Waals surface area contributed by atoms with Crippen molar-refractivity contribution >= 4 is 8.60 Å². The van der Waals surface area contributed by atoms with E-state index >= 15 is 0 Å². The predicted molar refractivity (Wildman–Crippen MR) is 157 cm³/mol. The highest BCUT2D eigenvalue weighted by molar-refractivity contribution is 7.41. The largest absolute Gasteiger partial charge is 0.389 e. The van der Waals surface area contributed by atoms with E-state index in [1.165, 1.54) is 44.9 Å². The van der Waals surface area contributed by atoms with Gasteiger partial charge in [-0.2, -0.15) is 13.2 Å². The van der Waals surface area contributed by atoms with E-state index in [1.54, 1.807) is 0 Å². The lowest BCUT2D eigenvalue weighted by molar-refractivity contribution is -0.135. The van der Waals surface area contributed by atoms with Crippen molar-refractivity contribution in [3.05, 3.63) is 71.8 Å². The Morgan fingerprint density at radius 2 is 0.900 bits per heavy atom. The molecule has 0 spiro atoms. The lowest BCUT2D eigenvalue weighted by atomic mass is 10.0. The molecular weight excluding hydrogens is 536 g/mol. The second-order valence-corrected chi connectivity index (χ2v) is 11.4. The maximum atomic E-state index is 12.1. The minimum absolute atomic E-state index is 0.276. The fourth-order valence-corrected chi connectivity index (χ4v) is 5.22. The molecule has 0 bridgehead atoms. The highest BCUT2D eigenvalue weighted by atomic mass is 31.2. The fraction of sp³-hybridized carbons (Fsp3) is 0.625. The summed E-state index contributed by atoms with van der Waals surface area (Å²) in [5.74, 6) is 0. The van der Waals surface area contributed by atoms with Gasteiger partial charge in [0.05, 0.1) is 26.4 Å². The number of ether oxygens (including phenoxy) is 1. The topological polar surface area (TPSA) is 36.9 Å². The second-order valence-electron chi connectivity index (χ2n) is 10.1. The first-order valence-corrected chi connectivity index (χ1v) is 16.0. The highest BCUT2D eigenvalue weighted by Crippen LogP contribution is 2.41. The second kappa shape index (κ2) is 23.1. The Balaban J connectivity index is 1.39. The van der Waals surface area contributed by atoms with Gasteiger partial charge < -0.3 is 18.3 Å². The predicted octanol–water partition coefficient (Wildman–Crippen LogP) is 10.7. The van der Waals surface area contributed by atoms with E-state index < -0.39 is 21.2 Å². The van der Waals surface area contributed by atoms with Crippen LogP contribution in [0.5, 0.6) is 0 Å². The zero-order chi connectivity index (χ0) is 28.6. The van der Waals surface area contributed by atoms with Gasteiger partial charge in [0.15, 0.2) is 0 Å². The third-order valence-electron chi connectivity index (χ3n) is 6.53. The Bertz CT molecular complexity index is 780. The van der Waals surface area contributed by atoms with Crippen LogP contribution in [0.2, 0.25) is 0 Å². The van der Waals surface area contributed by atoms with Crippen LogP contribution < -0.4 is 0 Å². The Kier molecular flexibility index (Phi) is 20.0. The number of alkyl halides is 3. The van der Waals surface area contributed by atoms with Crippen LogP contribution in [0.15, 0.2) is 60.7 Å². The van der Waals surface area contributed by atoms with Gasteiger partial charge in [-0.3, -0.25) is 0 Å². The molecule has 8 heteroatoms. The molecule has 0 fully saturated rings. The molecule has 0 aliphatic carbocycles. The number of rotatable bonds is 25. The van der Waals surface area contributed by atoms with Crippen molar-refractivity contribution in [2.45, 2.75) is 109 Å². The zero-order valence-electron chi connectivity index (χ0n) is 23.9. The van der Waals surface area contributed by atoms with Crippen LogP contribution >= 0.6 is 8.60 Å². The van der Waals surface area contributed by atoms with Crippen LogP contribution in [-0.2, 0) is 31.5 Å². The van der Waals surface area contributed by atoms with Gasteiger partial charge in [-0.05, 0) is 24.0 Å². The molecule has 0 heterocycles. The summed E-state index contributed by atoms with van der Waals surface area (Å²) in [4.78, 5) is 0. The fourth-order valence-electron chi connectivity index (χ4n) is 4.26. The summed E-state index contributed by atoms with van der Waals surface area (Å²) in [6.07, 6.45) is 9.13. The molecule has 226 valence electrons. The zero-order valence-corrected chi connectivity index (χ0v) is 24.8. The van der Waals surface area contributed by atoms with Crippen LogP contribution in [0.25, 0.3) is 0 Å². The Morgan fingerprint density at radius 1 is 0.475 bits per heavy atom. The summed E-state index contributed by atoms with van der Waals surface area (Å²) in [6.45, 7) is 2.57. The highest BCUT2D eigenvalue weighted by Gasteiger charge is 2.25. The average Bonchev–Trinajstić information content (AvgIpc) is 2.95. The molecule has 0 saturated heterocycles. The van der Waals surface area contributed by atoms with E-state index in [9.17, 15) is 13.2 Å². The monoisotopic (exact) mass is 584 g/mol. The number of hydrogen-bond acceptors (Lipinski definition) is 4. The van der Waals surface area contributed by atoms with Crippen molar-refractivity contribution in [1.29, 1.82) is 0 Å². The van der Waals surface area contributed by atoms with Crippen LogP contribution in [0.4, 0.5) is 13.2 Å². The average molecular weight is 585 g/mol. The van der Waals surface area contributed by atoms with Crippen molar-refractivity contribution in [3.63, 3.8) is 0 Å². The van der Waals surface area contributed by atoms with Crippen LogP contribution in [0.1, 0.15) is 101 Å². The number of unbranched alkanes of at least 4 members (excludes halogenated alkanes) is 12. The van der Waals surface area contributed by atoms with Gasteiger partial charge >= 0.3 is 14.8 Å². The summed E-state index contributed by atoms with van der Waals surface area (Å²) >= 11 is 0. The molecule has 40 heavy (non-hydrogen) atoms. The summed E-state index contributed by atoms with van der Waals surface area (Å²) in [6, 6.07) is 20.0. The first-order valence-electron chi connectivity index (χ1n) is 14.9. The summed E-state index contributed by atoms with van der Waals surface area (Å²) in [5, 5.41) is 0. The normalized spacial score (nSPS) is 11.9. The van der Waals surface area contributed by atoms with Gasteiger partial charge in [0, 0.05) is 13.0 Å². The van der Waals surface area contributed by atoms with Crippen molar-refractivity contribution in [2.75, 3.05) is 19.8 Å². The van der Waals surface area contributed by atoms with Gasteiger partial charge in [-0.1, -0.05) is 131 Å². The number of halogens is 3. The lowest BCUT2D eigenvalue weighted by Gasteiger charge is -2.17. The molecule has 0 saturated carbocycles. The van der Waals surface area contributed by atoms with Crippen LogP contribution in [0.3, 0.4) is 0 Å². The Morgan fingerprint density at radius 3 is 1.35 bits per heavy atom. The van der Waals surface area contributed by atoms with E-state index in [4.69, 9.17) is 18.3 Å². The molecule has 0 aliphatic heterocycles. The first-order chi connectivity index (χ1) is 19.5. The number of benzene rings is 2. The molecule has 2 aromatic rings. The molecule has 0 atom stereocenters. The van der Waals surface area contributed by atoms with Crippen LogP contribution in [-0.4, -0.2) is 26.0 Å². The summed E-state index contributed by atoms with van der Waals surface area (Å²) in [7, 11) is -1.47. The third-order valence-corrected chi connectivity index (χ3v) is 7.61. The van der Waals surface area contributed by atoms with Gasteiger partial charge in [0.1, 0.15) is 0 Å². The van der Waals surface area contributed by atoms with E-state index in [-0.39, 0.29) is 6.42 Å². The molecular formula is C32H48F3O4P. The Hall–Kier alpha value is -1.50. The van der Waals surface area contributed by atoms with E-state index in [1.807, 2.05) is 60.7 Å². The van der Waals surface area contributed by atoms with Gasteiger partial charge in [-0.25, -0.2) is 0 Å². The van der Waals surface area contributed by atoms with Crippen LogP contribution in [0, 0.1) is 0 Å². The maximum absolute atomic E-state index is 12.1. The standard InChI is InChI=1S/C32H48F3O4P/c33-32(34,35)24-18-10-8-6-4-2-1-3-5-7-9-11-19-25-36-26-27-37-40(38-28-30-20-14-12-15-21-30)39-29-31-22-16-13-17-23-31/h12-17,20-23H,1-11,18-19,24-29H2. The third kappa shape index (κ3) is 20.4. The number of hydrogen-bond donors (Lipinski definition) is 0. The summed E-state index contributed by atoms with van der Waals surface area (Å²) < 4.78 is 59.8. The maximum Gasteiger partial charge on any atom is 0.389 e. The van der Waals surface area contributed by atoms with Crippen molar-refractivity contribution in [3.8, 4) is 0 Å². The molecule has 0 amide bonds. The molecule has 0 unspecified atom stereocenters. The molecule has 2 rings (SSSR count). The van der Waals surface area contributed by atoms with Crippen molar-refractivity contribution in [2.24, 2.45) is 0 Å². The molecule has 2 aromatic carbocycles. The minimum Gasteiger partial charge on any atom is -0.379 e. The van der Waals surface area contributed by atoms with Gasteiger partial charge in [-0.15, -0.1) is 0 Å². The SMILES string of the molecule is FC(F)(F)CCCCCCCCCCCCCCCOCCOP(OCc1ccccc1)OCc1ccccc1. The molecule has 0 radical (unpaired) electrons. The molecule has 0 aliphatic rings. The minimum atomic E-state index is -4.00. The first kappa shape index (κ1) is 34.7. The van der Waals surface area contributed by atoms with Gasteiger partial charge in [0.25, 0.3) is 0 Å². The molecule has 0 N–H and O–H groups in total. The van der Waals surface area contributed by atoms with Crippen molar-refractivity contribution in [1.82, 2.24) is 0 Å². The smallest absolute Gasteiger partial charge is 0.379 e. The van der Waals surface area contributed by atoms with Crippen molar-refractivity contribution < 1.29 is 31.5 Å². The van der Waals surface area contributed by atoms with E-state index in [0.29, 0.717) is 32.8 Å². The molecule has 0 aromatic heterocycles. The van der Waals surface area contributed by atoms with E-state index in [2.05, 4.69) is 0 Å². The summed E-state index contributed by atoms with van der Waals surface area (Å²) in [5.41, 5.74) is 2.16. The lowest BCUT2D eigenvalue weighted by Crippen LogP contribution is -2.06. The molecule has 4 nitrogen and oxygen atoms in total. The Labute approximate surface area is 240 Å². The van der Waals surface area contributed by atoms with Gasteiger partial charge in [0.2, 0.25) is 0 Å². The van der Waals surface area contributed by atoms with E-state index in [0.717, 1.165) is 43.4 Å².